The SMILES string of the molecule is C1=CC(n2c3ccccc3c3cc(-c4ccc(N(c5ccccc5)c5ccc(-c6ccccc6)cc5)cc4)ccc32)=CCC1. The minimum atomic E-state index is 1.08. The number of nitrogens with zero attached hydrogens (tertiary/aromatic N) is 2. The van der Waals surface area contributed by atoms with Crippen LogP contribution < -0.4 is 4.90 Å². The van der Waals surface area contributed by atoms with Crippen molar-refractivity contribution in [2.24, 2.45) is 0 Å². The number of aromatic nitrogens is 1. The number of anilines is 3. The minimum absolute atomic E-state index is 1.08. The third kappa shape index (κ3) is 4.71. The molecule has 0 atom stereocenters. The van der Waals surface area contributed by atoms with Crippen LogP contribution in [0.25, 0.3) is 49.8 Å². The molecule has 0 bridgehead atoms. The quantitative estimate of drug-likeness (QED) is 0.195. The zero-order valence-electron chi connectivity index (χ0n) is 24.5. The Hall–Kier alpha value is -5.60. The molecule has 8 rings (SSSR count). The van der Waals surface area contributed by atoms with Crippen LogP contribution in [0.2, 0.25) is 0 Å². The molecule has 0 spiro atoms. The minimum Gasteiger partial charge on any atom is -0.311 e. The number of hydrogen-bond donors (Lipinski definition) is 0. The highest BCUT2D eigenvalue weighted by Crippen LogP contribution is 2.38. The predicted octanol–water partition coefficient (Wildman–Crippen LogP) is 11.8. The van der Waals surface area contributed by atoms with Crippen molar-refractivity contribution in [1.82, 2.24) is 4.57 Å². The lowest BCUT2D eigenvalue weighted by Gasteiger charge is -2.26. The number of benzene rings is 6. The van der Waals surface area contributed by atoms with E-state index in [4.69, 9.17) is 0 Å². The van der Waals surface area contributed by atoms with Gasteiger partial charge in [-0.15, -0.1) is 0 Å². The number of rotatable bonds is 6. The maximum absolute atomic E-state index is 2.41. The van der Waals surface area contributed by atoms with Gasteiger partial charge < -0.3 is 9.47 Å². The highest BCUT2D eigenvalue weighted by molar-refractivity contribution is 6.11. The van der Waals surface area contributed by atoms with E-state index in [0.29, 0.717) is 0 Å². The van der Waals surface area contributed by atoms with Gasteiger partial charge in [0.15, 0.2) is 0 Å². The van der Waals surface area contributed by atoms with E-state index in [-0.39, 0.29) is 0 Å². The van der Waals surface area contributed by atoms with Crippen LogP contribution >= 0.6 is 0 Å². The Morgan fingerprint density at radius 2 is 0.977 bits per heavy atom. The summed E-state index contributed by atoms with van der Waals surface area (Å²) >= 11 is 0. The van der Waals surface area contributed by atoms with Gasteiger partial charge in [0.1, 0.15) is 0 Å². The van der Waals surface area contributed by atoms with Gasteiger partial charge in [0.2, 0.25) is 0 Å². The first kappa shape index (κ1) is 26.1. The van der Waals surface area contributed by atoms with Gasteiger partial charge in [-0.25, -0.2) is 0 Å². The number of hydrogen-bond acceptors (Lipinski definition) is 1. The van der Waals surface area contributed by atoms with Gasteiger partial charge in [-0.2, -0.15) is 0 Å². The molecule has 0 amide bonds. The van der Waals surface area contributed by atoms with Crippen molar-refractivity contribution in [3.05, 3.63) is 170 Å². The molecule has 0 saturated heterocycles. The van der Waals surface area contributed by atoms with Crippen molar-refractivity contribution >= 4 is 44.6 Å². The number of fused-ring (bicyclic) bond motifs is 3. The predicted molar refractivity (Wildman–Crippen MR) is 188 cm³/mol. The van der Waals surface area contributed by atoms with Crippen LogP contribution in [0.4, 0.5) is 17.1 Å². The van der Waals surface area contributed by atoms with Gasteiger partial charge in [0, 0.05) is 33.5 Å². The third-order valence-corrected chi connectivity index (χ3v) is 8.61. The van der Waals surface area contributed by atoms with Crippen molar-refractivity contribution in [3.63, 3.8) is 0 Å². The summed E-state index contributed by atoms with van der Waals surface area (Å²) in [5, 5.41) is 2.57. The first-order valence-corrected chi connectivity index (χ1v) is 15.3. The van der Waals surface area contributed by atoms with E-state index in [2.05, 4.69) is 179 Å². The normalized spacial score (nSPS) is 12.9. The molecule has 1 heterocycles. The van der Waals surface area contributed by atoms with Crippen molar-refractivity contribution in [2.45, 2.75) is 12.8 Å². The molecule has 0 radical (unpaired) electrons. The Kier molecular flexibility index (Phi) is 6.66. The van der Waals surface area contributed by atoms with E-state index >= 15 is 0 Å². The molecule has 2 heteroatoms. The van der Waals surface area contributed by atoms with Gasteiger partial charge in [-0.05, 0) is 95.8 Å². The zero-order chi connectivity index (χ0) is 29.3. The summed E-state index contributed by atoms with van der Waals surface area (Å²) in [6, 6.07) is 54.6. The van der Waals surface area contributed by atoms with Gasteiger partial charge in [0.25, 0.3) is 0 Å². The monoisotopic (exact) mass is 564 g/mol. The largest absolute Gasteiger partial charge is 0.311 e. The fourth-order valence-corrected chi connectivity index (χ4v) is 6.46. The summed E-state index contributed by atoms with van der Waals surface area (Å²) < 4.78 is 2.41. The molecule has 0 aliphatic heterocycles. The average Bonchev–Trinajstić information content (AvgIpc) is 3.44. The zero-order valence-corrected chi connectivity index (χ0v) is 24.5. The lowest BCUT2D eigenvalue weighted by molar-refractivity contribution is 1.02. The molecule has 210 valence electrons. The van der Waals surface area contributed by atoms with Crippen LogP contribution in [0.1, 0.15) is 12.8 Å². The lowest BCUT2D eigenvalue weighted by atomic mass is 10.0. The molecule has 1 aromatic heterocycles. The summed E-state index contributed by atoms with van der Waals surface area (Å²) in [4.78, 5) is 2.32. The Balaban J connectivity index is 1.17. The van der Waals surface area contributed by atoms with E-state index in [1.165, 1.54) is 49.8 Å². The Morgan fingerprint density at radius 1 is 0.432 bits per heavy atom. The van der Waals surface area contributed by atoms with Gasteiger partial charge >= 0.3 is 0 Å². The topological polar surface area (TPSA) is 8.17 Å². The molecular weight excluding hydrogens is 532 g/mol. The van der Waals surface area contributed by atoms with Gasteiger partial charge in [-0.1, -0.05) is 109 Å². The van der Waals surface area contributed by atoms with E-state index in [1.54, 1.807) is 0 Å². The van der Waals surface area contributed by atoms with Crippen LogP contribution in [0.3, 0.4) is 0 Å². The van der Waals surface area contributed by atoms with Crippen LogP contribution in [0, 0.1) is 0 Å². The second kappa shape index (κ2) is 11.2. The third-order valence-electron chi connectivity index (χ3n) is 8.61. The molecule has 0 saturated carbocycles. The molecule has 7 aromatic rings. The highest BCUT2D eigenvalue weighted by atomic mass is 15.1. The second-order valence-corrected chi connectivity index (χ2v) is 11.3. The van der Waals surface area contributed by atoms with Gasteiger partial charge in [-0.3, -0.25) is 0 Å². The molecule has 1 aliphatic carbocycles. The molecule has 0 fully saturated rings. The van der Waals surface area contributed by atoms with Crippen molar-refractivity contribution in [3.8, 4) is 22.3 Å². The molecule has 0 N–H and O–H groups in total. The Labute approximate surface area is 258 Å². The summed E-state index contributed by atoms with van der Waals surface area (Å²) in [6.07, 6.45) is 9.09. The van der Waals surface area contributed by atoms with E-state index < -0.39 is 0 Å². The fourth-order valence-electron chi connectivity index (χ4n) is 6.46. The molecular formula is C42H32N2. The molecule has 6 aromatic carbocycles. The van der Waals surface area contributed by atoms with Crippen molar-refractivity contribution in [2.75, 3.05) is 4.90 Å². The van der Waals surface area contributed by atoms with Crippen LogP contribution in [0.15, 0.2) is 170 Å². The highest BCUT2D eigenvalue weighted by Gasteiger charge is 2.16. The second-order valence-electron chi connectivity index (χ2n) is 11.3. The number of allylic oxidation sites excluding steroid dienone is 4. The molecule has 1 aliphatic rings. The summed E-state index contributed by atoms with van der Waals surface area (Å²) in [5.41, 5.74) is 12.0. The Bertz CT molecular complexity index is 2130. The molecule has 44 heavy (non-hydrogen) atoms. The maximum atomic E-state index is 2.41. The van der Waals surface area contributed by atoms with Crippen LogP contribution in [-0.4, -0.2) is 4.57 Å². The number of para-hydroxylation sites is 2. The molecule has 0 unspecified atom stereocenters. The standard InChI is InChI=1S/C42H32N2/c1-4-12-31(13-5-1)32-20-25-37(26-21-32)43(35-14-6-2-7-15-35)38-27-22-33(23-28-38)34-24-29-42-40(30-34)39-18-10-11-19-41(39)44(42)36-16-8-3-9-17-36/h1-2,4-8,10-30H,3,9H2. The van der Waals surface area contributed by atoms with Crippen LogP contribution in [0.5, 0.6) is 0 Å². The average molecular weight is 565 g/mol. The van der Waals surface area contributed by atoms with E-state index in [9.17, 15) is 0 Å². The summed E-state index contributed by atoms with van der Waals surface area (Å²) in [6.45, 7) is 0. The van der Waals surface area contributed by atoms with E-state index in [0.717, 1.165) is 29.9 Å². The lowest BCUT2D eigenvalue weighted by Crippen LogP contribution is -2.09. The van der Waals surface area contributed by atoms with Gasteiger partial charge in [0.05, 0.1) is 11.0 Å². The van der Waals surface area contributed by atoms with Crippen molar-refractivity contribution in [1.29, 1.82) is 0 Å². The van der Waals surface area contributed by atoms with Crippen LogP contribution in [-0.2, 0) is 0 Å². The summed E-state index contributed by atoms with van der Waals surface area (Å²) in [5.74, 6) is 0. The first-order valence-electron chi connectivity index (χ1n) is 15.3. The van der Waals surface area contributed by atoms with Crippen molar-refractivity contribution < 1.29 is 0 Å². The Morgan fingerprint density at radius 3 is 1.66 bits per heavy atom. The fraction of sp³-hybridized carbons (Fsp3) is 0.0476. The molecule has 2 nitrogen and oxygen atoms in total. The first-order chi connectivity index (χ1) is 21.8. The maximum Gasteiger partial charge on any atom is 0.0541 e. The summed E-state index contributed by atoms with van der Waals surface area (Å²) in [7, 11) is 0. The smallest absolute Gasteiger partial charge is 0.0541 e. The van der Waals surface area contributed by atoms with E-state index in [1.807, 2.05) is 0 Å².